The Balaban J connectivity index is 3.51. The van der Waals surface area contributed by atoms with Crippen LogP contribution < -0.4 is 0 Å². The quantitative estimate of drug-likeness (QED) is 0.806. The molecule has 0 bridgehead atoms. The van der Waals surface area contributed by atoms with E-state index in [0.29, 0.717) is 3.57 Å². The van der Waals surface area contributed by atoms with E-state index >= 15 is 0 Å². The highest BCUT2D eigenvalue weighted by Crippen LogP contribution is 2.34. The van der Waals surface area contributed by atoms with Gasteiger partial charge in [-0.15, -0.1) is 0 Å². The molecule has 0 aliphatic heterocycles. The Morgan fingerprint density at radius 1 is 1.40 bits per heavy atom. The maximum absolute atomic E-state index is 12.5. The Morgan fingerprint density at radius 2 is 2.00 bits per heavy atom. The number of nitrogens with zero attached hydrogens (tertiary/aromatic N) is 1. The molecule has 0 saturated carbocycles. The highest BCUT2D eigenvalue weighted by Gasteiger charge is 2.34. The monoisotopic (exact) mass is 327 g/mol. The van der Waals surface area contributed by atoms with Crippen molar-refractivity contribution >= 4 is 22.6 Å². The first-order valence-corrected chi connectivity index (χ1v) is 4.88. The highest BCUT2D eigenvalue weighted by atomic mass is 127. The van der Waals surface area contributed by atoms with Crippen LogP contribution in [0.4, 0.5) is 13.2 Å². The first-order chi connectivity index (χ1) is 6.90. The molecule has 0 fully saturated rings. The first kappa shape index (κ1) is 12.3. The second kappa shape index (κ2) is 4.37. The lowest BCUT2D eigenvalue weighted by Gasteiger charge is -2.11. The van der Waals surface area contributed by atoms with Crippen LogP contribution in [0.2, 0.25) is 0 Å². The number of aliphatic hydroxyl groups is 1. The highest BCUT2D eigenvalue weighted by molar-refractivity contribution is 14.1. The van der Waals surface area contributed by atoms with E-state index < -0.39 is 23.9 Å². The fraction of sp³-hybridized carbons (Fsp3) is 0.222. The molecule has 0 heterocycles. The lowest BCUT2D eigenvalue weighted by atomic mass is 10.0. The van der Waals surface area contributed by atoms with Crippen molar-refractivity contribution in [2.75, 3.05) is 0 Å². The van der Waals surface area contributed by atoms with Gasteiger partial charge in [-0.25, -0.2) is 0 Å². The molecule has 80 valence electrons. The van der Waals surface area contributed by atoms with Crippen LogP contribution in [-0.4, -0.2) is 5.11 Å². The van der Waals surface area contributed by atoms with Gasteiger partial charge in [-0.2, -0.15) is 18.4 Å². The average Bonchev–Trinajstić information content (AvgIpc) is 2.15. The molecule has 0 aliphatic rings. The van der Waals surface area contributed by atoms with E-state index in [0.717, 1.165) is 6.07 Å². The molecule has 0 aromatic heterocycles. The van der Waals surface area contributed by atoms with Crippen molar-refractivity contribution in [1.82, 2.24) is 0 Å². The summed E-state index contributed by atoms with van der Waals surface area (Å²) in [6.07, 6.45) is -4.57. The van der Waals surface area contributed by atoms with Gasteiger partial charge in [0.25, 0.3) is 0 Å². The number of aliphatic hydroxyl groups excluding tert-OH is 1. The third kappa shape index (κ3) is 2.60. The molecule has 1 aromatic rings. The predicted molar refractivity (Wildman–Crippen MR) is 54.8 cm³/mol. The van der Waals surface area contributed by atoms with E-state index in [1.54, 1.807) is 22.6 Å². The van der Waals surface area contributed by atoms with E-state index in [9.17, 15) is 13.2 Å². The summed E-state index contributed by atoms with van der Waals surface area (Å²) >= 11 is 1.71. The minimum absolute atomic E-state index is 0.00303. The van der Waals surface area contributed by atoms with Crippen LogP contribution in [0.3, 0.4) is 0 Å². The minimum Gasteiger partial charge on any atom is -0.392 e. The Hall–Kier alpha value is -0.810. The Bertz CT molecular complexity index is 423. The van der Waals surface area contributed by atoms with Crippen molar-refractivity contribution < 1.29 is 18.3 Å². The molecule has 0 radical (unpaired) electrons. The molecule has 0 atom stereocenters. The molecule has 0 aliphatic carbocycles. The average molecular weight is 327 g/mol. The minimum atomic E-state index is -4.57. The predicted octanol–water partition coefficient (Wildman–Crippen LogP) is 2.67. The van der Waals surface area contributed by atoms with Crippen molar-refractivity contribution in [3.8, 4) is 6.07 Å². The summed E-state index contributed by atoms with van der Waals surface area (Å²) in [4.78, 5) is 0. The van der Waals surface area contributed by atoms with Gasteiger partial charge in [0.1, 0.15) is 6.07 Å². The van der Waals surface area contributed by atoms with Crippen molar-refractivity contribution in [2.24, 2.45) is 0 Å². The van der Waals surface area contributed by atoms with Crippen LogP contribution in [0.15, 0.2) is 12.1 Å². The van der Waals surface area contributed by atoms with Crippen LogP contribution in [0.5, 0.6) is 0 Å². The molecule has 0 spiro atoms. The largest absolute Gasteiger partial charge is 0.417 e. The molecule has 0 unspecified atom stereocenters. The number of alkyl halides is 3. The molecule has 0 saturated heterocycles. The zero-order valence-electron chi connectivity index (χ0n) is 7.27. The van der Waals surface area contributed by atoms with Crippen LogP contribution in [-0.2, 0) is 12.8 Å². The standard InChI is InChI=1S/C9H5F3INO/c10-9(11,12)8-2-6(13)1-5(4-15)7(8)3-14/h1-2,15H,4H2. The number of benzene rings is 1. The first-order valence-electron chi connectivity index (χ1n) is 3.80. The maximum atomic E-state index is 12.5. The molecule has 15 heavy (non-hydrogen) atoms. The fourth-order valence-corrected chi connectivity index (χ4v) is 1.83. The second-order valence-electron chi connectivity index (χ2n) is 2.76. The van der Waals surface area contributed by atoms with Crippen LogP contribution in [0.1, 0.15) is 16.7 Å². The summed E-state index contributed by atoms with van der Waals surface area (Å²) in [6, 6.07) is 3.71. The number of hydrogen-bond acceptors (Lipinski definition) is 2. The van der Waals surface area contributed by atoms with E-state index in [-0.39, 0.29) is 5.56 Å². The van der Waals surface area contributed by atoms with Gasteiger partial charge in [-0.3, -0.25) is 0 Å². The van der Waals surface area contributed by atoms with Gasteiger partial charge in [-0.05, 0) is 40.3 Å². The Kier molecular flexibility index (Phi) is 3.57. The van der Waals surface area contributed by atoms with Crippen LogP contribution in [0, 0.1) is 14.9 Å². The summed E-state index contributed by atoms with van der Waals surface area (Å²) in [5.41, 5.74) is -1.51. The summed E-state index contributed by atoms with van der Waals surface area (Å²) < 4.78 is 37.8. The van der Waals surface area contributed by atoms with Gasteiger partial charge >= 0.3 is 6.18 Å². The molecule has 2 nitrogen and oxygen atoms in total. The van der Waals surface area contributed by atoms with Crippen LogP contribution >= 0.6 is 22.6 Å². The Morgan fingerprint density at radius 3 is 2.40 bits per heavy atom. The number of halogens is 4. The van der Waals surface area contributed by atoms with Crippen LogP contribution in [0.25, 0.3) is 0 Å². The second-order valence-corrected chi connectivity index (χ2v) is 4.00. The third-order valence-corrected chi connectivity index (χ3v) is 2.40. The van der Waals surface area contributed by atoms with E-state index in [1.807, 2.05) is 0 Å². The summed E-state index contributed by atoms with van der Waals surface area (Å²) in [5, 5.41) is 17.5. The third-order valence-electron chi connectivity index (χ3n) is 1.77. The lowest BCUT2D eigenvalue weighted by molar-refractivity contribution is -0.137. The van der Waals surface area contributed by atoms with Crippen molar-refractivity contribution in [3.05, 3.63) is 32.4 Å². The summed E-state index contributed by atoms with van der Waals surface area (Å²) in [5.74, 6) is 0. The van der Waals surface area contributed by atoms with Crippen molar-refractivity contribution in [1.29, 1.82) is 5.26 Å². The van der Waals surface area contributed by atoms with E-state index in [2.05, 4.69) is 0 Å². The molecule has 0 amide bonds. The summed E-state index contributed by atoms with van der Waals surface area (Å²) in [6.45, 7) is -0.581. The summed E-state index contributed by atoms with van der Waals surface area (Å²) in [7, 11) is 0. The topological polar surface area (TPSA) is 44.0 Å². The number of hydrogen-bond donors (Lipinski definition) is 1. The van der Waals surface area contributed by atoms with Crippen molar-refractivity contribution in [3.63, 3.8) is 0 Å². The van der Waals surface area contributed by atoms with Gasteiger partial charge in [0.05, 0.1) is 17.7 Å². The van der Waals surface area contributed by atoms with Gasteiger partial charge < -0.3 is 5.11 Å². The fourth-order valence-electron chi connectivity index (χ4n) is 1.14. The number of rotatable bonds is 1. The zero-order chi connectivity index (χ0) is 11.6. The molecular formula is C9H5F3INO. The van der Waals surface area contributed by atoms with Gasteiger partial charge in [0.15, 0.2) is 0 Å². The molecule has 6 heteroatoms. The zero-order valence-corrected chi connectivity index (χ0v) is 9.43. The van der Waals surface area contributed by atoms with Gasteiger partial charge in [-0.1, -0.05) is 0 Å². The Labute approximate surface area is 97.5 Å². The van der Waals surface area contributed by atoms with Crippen molar-refractivity contribution in [2.45, 2.75) is 12.8 Å². The van der Waals surface area contributed by atoms with E-state index in [4.69, 9.17) is 10.4 Å². The molecule has 1 aromatic carbocycles. The molecule has 1 N–H and O–H groups in total. The maximum Gasteiger partial charge on any atom is 0.417 e. The molecular weight excluding hydrogens is 322 g/mol. The van der Waals surface area contributed by atoms with Gasteiger partial charge in [0.2, 0.25) is 0 Å². The van der Waals surface area contributed by atoms with Gasteiger partial charge in [0, 0.05) is 3.57 Å². The normalized spacial score (nSPS) is 11.2. The SMILES string of the molecule is N#Cc1c(CO)cc(I)cc1C(F)(F)F. The number of nitriles is 1. The molecule has 1 rings (SSSR count). The smallest absolute Gasteiger partial charge is 0.392 e. The van der Waals surface area contributed by atoms with E-state index in [1.165, 1.54) is 12.1 Å². The lowest BCUT2D eigenvalue weighted by Crippen LogP contribution is -2.10.